The molecule has 0 aromatic heterocycles. The fraction of sp³-hybridized carbons (Fsp3) is 0.500. The fourth-order valence-electron chi connectivity index (χ4n) is 0. The first-order valence-electron chi connectivity index (χ1n) is 2.17. The molecule has 0 rings (SSSR count). The maximum Gasteiger partial charge on any atom is 0.490 e. The van der Waals surface area contributed by atoms with Crippen molar-refractivity contribution in [1.82, 2.24) is 0 Å². The van der Waals surface area contributed by atoms with Crippen LogP contribution in [0.4, 0.5) is 26.3 Å². The van der Waals surface area contributed by atoms with Crippen molar-refractivity contribution in [3.8, 4) is 0 Å². The van der Waals surface area contributed by atoms with Crippen LogP contribution in [0.3, 0.4) is 0 Å². The molecule has 0 atom stereocenters. The summed E-state index contributed by atoms with van der Waals surface area (Å²) in [5.74, 6) is -2.76. The molecule has 0 aliphatic rings. The molecule has 12 heavy (non-hydrogen) atoms. The number of rotatable bonds is 0. The maximum atomic E-state index is 10.6. The van der Waals surface area contributed by atoms with Gasteiger partial charge in [-0.15, -0.1) is 0 Å². The quantitative estimate of drug-likeness (QED) is 0.603. The van der Waals surface area contributed by atoms with Crippen LogP contribution in [0.1, 0.15) is 0 Å². The molecule has 2 nitrogen and oxygen atoms in total. The second kappa shape index (κ2) is 4.17. The van der Waals surface area contributed by atoms with Crippen molar-refractivity contribution in [1.29, 1.82) is 0 Å². The Labute approximate surface area is 62.8 Å². The summed E-state index contributed by atoms with van der Waals surface area (Å²) in [7, 11) is 0. The third-order valence-electron chi connectivity index (χ3n) is 0.243. The number of carboxylic acids is 1. The van der Waals surface area contributed by atoms with Gasteiger partial charge in [-0.2, -0.15) is 26.3 Å². The molecule has 1 N–H and O–H groups in total. The van der Waals surface area contributed by atoms with Crippen molar-refractivity contribution in [2.45, 2.75) is 12.4 Å². The molecule has 0 fully saturated rings. The fourth-order valence-corrected chi connectivity index (χ4v) is 0. The zero-order valence-electron chi connectivity index (χ0n) is 5.33. The molecule has 73 valence electrons. The number of carboxylic acid groups (broad SMARTS) is 1. The molecule has 0 aromatic carbocycles. The molecular weight excluding hydrogens is 194 g/mol. The number of alkyl halides is 6. The maximum absolute atomic E-state index is 10.6. The van der Waals surface area contributed by atoms with Crippen LogP contribution in [0, 0.1) is 6.92 Å². The van der Waals surface area contributed by atoms with E-state index in [0.29, 0.717) is 0 Å². The SMILES string of the molecule is O=C(O)C(F)(F)F.[CH2]C(F)(F)F. The van der Waals surface area contributed by atoms with Gasteiger partial charge < -0.3 is 5.11 Å². The van der Waals surface area contributed by atoms with Gasteiger partial charge in [0.25, 0.3) is 0 Å². The molecule has 0 amide bonds. The lowest BCUT2D eigenvalue weighted by atomic mass is 10.7. The van der Waals surface area contributed by atoms with Crippen LogP contribution in [0.5, 0.6) is 0 Å². The highest BCUT2D eigenvalue weighted by atomic mass is 19.4. The van der Waals surface area contributed by atoms with Crippen LogP contribution in [0.25, 0.3) is 0 Å². The highest BCUT2D eigenvalue weighted by Gasteiger charge is 2.38. The van der Waals surface area contributed by atoms with Crippen molar-refractivity contribution in [2.75, 3.05) is 0 Å². The molecule has 0 saturated heterocycles. The molecule has 0 spiro atoms. The van der Waals surface area contributed by atoms with Gasteiger partial charge in [-0.25, -0.2) is 4.79 Å². The van der Waals surface area contributed by atoms with Gasteiger partial charge in [-0.05, 0) is 0 Å². The molecular formula is C4H3F6O2. The van der Waals surface area contributed by atoms with Gasteiger partial charge in [0, 0.05) is 0 Å². The Morgan fingerprint density at radius 3 is 1.17 bits per heavy atom. The Kier molecular flexibility index (Phi) is 4.74. The Morgan fingerprint density at radius 1 is 1.08 bits per heavy atom. The van der Waals surface area contributed by atoms with Crippen LogP contribution >= 0.6 is 0 Å². The number of aliphatic carboxylic acids is 1. The first-order valence-corrected chi connectivity index (χ1v) is 2.17. The minimum Gasteiger partial charge on any atom is -0.475 e. The molecule has 0 saturated carbocycles. The van der Waals surface area contributed by atoms with Gasteiger partial charge in [0.2, 0.25) is 0 Å². The molecule has 1 radical (unpaired) electrons. The van der Waals surface area contributed by atoms with Gasteiger partial charge in [-0.3, -0.25) is 0 Å². The first kappa shape index (κ1) is 13.6. The number of hydrogen-bond acceptors (Lipinski definition) is 1. The standard InChI is InChI=1S/C2HF3O2.C2H2F3/c3-2(4,5)1(6)7;1-2(3,4)5/h(H,6,7);1H2. The van der Waals surface area contributed by atoms with E-state index in [4.69, 9.17) is 9.90 Å². The Morgan fingerprint density at radius 2 is 1.17 bits per heavy atom. The van der Waals surface area contributed by atoms with Crippen molar-refractivity contribution in [2.24, 2.45) is 0 Å². The summed E-state index contributed by atoms with van der Waals surface area (Å²) in [5.41, 5.74) is 0. The van der Waals surface area contributed by atoms with Crippen molar-refractivity contribution < 1.29 is 36.2 Å². The van der Waals surface area contributed by atoms with Gasteiger partial charge in [0.15, 0.2) is 0 Å². The smallest absolute Gasteiger partial charge is 0.475 e. The summed E-state index contributed by atoms with van der Waals surface area (Å²) in [4.78, 5) is 8.90. The van der Waals surface area contributed by atoms with E-state index in [2.05, 4.69) is 0 Å². The van der Waals surface area contributed by atoms with E-state index in [1.807, 2.05) is 0 Å². The summed E-state index contributed by atoms with van der Waals surface area (Å²) >= 11 is 0. The zero-order chi connectivity index (χ0) is 10.6. The highest BCUT2D eigenvalue weighted by Crippen LogP contribution is 2.13. The predicted molar refractivity (Wildman–Crippen MR) is 25.1 cm³/mol. The number of halogens is 6. The second-order valence-corrected chi connectivity index (χ2v) is 1.42. The molecule has 0 unspecified atom stereocenters. The zero-order valence-corrected chi connectivity index (χ0v) is 5.33. The lowest BCUT2D eigenvalue weighted by Crippen LogP contribution is -2.21. The Hall–Kier alpha value is -0.950. The summed E-state index contributed by atoms with van der Waals surface area (Å²) in [6, 6.07) is 0. The minimum atomic E-state index is -5.08. The Bertz CT molecular complexity index is 139. The molecule has 0 heterocycles. The normalized spacial score (nSPS) is 11.6. The largest absolute Gasteiger partial charge is 0.490 e. The molecule has 0 aliphatic heterocycles. The minimum absolute atomic E-state index is 1.77. The van der Waals surface area contributed by atoms with E-state index in [1.54, 1.807) is 6.92 Å². The average molecular weight is 197 g/mol. The predicted octanol–water partition coefficient (Wildman–Crippen LogP) is 2.02. The van der Waals surface area contributed by atoms with Crippen LogP contribution in [-0.2, 0) is 4.79 Å². The van der Waals surface area contributed by atoms with Crippen molar-refractivity contribution in [3.63, 3.8) is 0 Å². The highest BCUT2D eigenvalue weighted by molar-refractivity contribution is 5.73. The van der Waals surface area contributed by atoms with Gasteiger partial charge in [0.1, 0.15) is 0 Å². The van der Waals surface area contributed by atoms with Gasteiger partial charge in [-0.1, -0.05) is 0 Å². The van der Waals surface area contributed by atoms with Crippen LogP contribution in [0.15, 0.2) is 0 Å². The Balaban J connectivity index is 0. The van der Waals surface area contributed by atoms with Crippen molar-refractivity contribution in [3.05, 3.63) is 6.92 Å². The van der Waals surface area contributed by atoms with E-state index in [1.165, 1.54) is 0 Å². The van der Waals surface area contributed by atoms with E-state index in [-0.39, 0.29) is 0 Å². The third-order valence-corrected chi connectivity index (χ3v) is 0.243. The van der Waals surface area contributed by atoms with Gasteiger partial charge >= 0.3 is 18.3 Å². The van der Waals surface area contributed by atoms with Crippen LogP contribution < -0.4 is 0 Å². The van der Waals surface area contributed by atoms with Crippen LogP contribution in [-0.4, -0.2) is 23.4 Å². The molecule has 8 heteroatoms. The molecule has 0 aliphatic carbocycles. The lowest BCUT2D eigenvalue weighted by molar-refractivity contribution is -0.192. The summed E-state index contributed by atoms with van der Waals surface area (Å²) < 4.78 is 62.5. The topological polar surface area (TPSA) is 37.3 Å². The monoisotopic (exact) mass is 197 g/mol. The molecule has 0 aromatic rings. The summed E-state index contributed by atoms with van der Waals surface area (Å²) in [5, 5.41) is 7.12. The first-order chi connectivity index (χ1) is 4.94. The average Bonchev–Trinajstić information content (AvgIpc) is 1.55. The number of carbonyl (C=O) groups is 1. The van der Waals surface area contributed by atoms with E-state index >= 15 is 0 Å². The van der Waals surface area contributed by atoms with E-state index < -0.39 is 18.3 Å². The second-order valence-electron chi connectivity index (χ2n) is 1.42. The number of hydrogen-bond donors (Lipinski definition) is 1. The lowest BCUT2D eigenvalue weighted by Gasteiger charge is -1.93. The third kappa shape index (κ3) is 23.0. The van der Waals surface area contributed by atoms with E-state index in [0.717, 1.165) is 0 Å². The van der Waals surface area contributed by atoms with Gasteiger partial charge in [0.05, 0.1) is 6.92 Å². The summed E-state index contributed by atoms with van der Waals surface area (Å²) in [6.07, 6.45) is -9.33. The molecule has 0 bridgehead atoms. The van der Waals surface area contributed by atoms with E-state index in [9.17, 15) is 26.3 Å². The summed E-state index contributed by atoms with van der Waals surface area (Å²) in [6.45, 7) is 1.77. The van der Waals surface area contributed by atoms with Crippen LogP contribution in [0.2, 0.25) is 0 Å². The van der Waals surface area contributed by atoms with Crippen molar-refractivity contribution >= 4 is 5.97 Å².